The minimum Gasteiger partial charge on any atom is -0.409 e. The molecule has 5 heteroatoms. The van der Waals surface area contributed by atoms with Crippen LogP contribution in [0.15, 0.2) is 48.5 Å². The SMILES string of the molecule is C[Si](C)(C)OC(CN1CCC(Cc2ccc(F)cc2)CC1)c1ccc(Cl)cc1. The molecule has 0 aliphatic carbocycles. The standard InChI is InChI=1S/C23H31ClFNOSi/c1-28(2,3)27-23(20-6-8-21(24)9-7-20)17-26-14-12-19(13-15-26)16-18-4-10-22(25)11-5-18/h4-11,19,23H,12-17H2,1-3H3. The third-order valence-corrected chi connectivity index (χ3v) is 6.55. The van der Waals surface area contributed by atoms with E-state index in [2.05, 4.69) is 36.7 Å². The van der Waals surface area contributed by atoms with Gasteiger partial charge < -0.3 is 9.33 Å². The van der Waals surface area contributed by atoms with E-state index in [4.69, 9.17) is 16.0 Å². The Morgan fingerprint density at radius 1 is 1.04 bits per heavy atom. The lowest BCUT2D eigenvalue weighted by Crippen LogP contribution is -2.40. The van der Waals surface area contributed by atoms with Crippen LogP contribution in [0.3, 0.4) is 0 Å². The van der Waals surface area contributed by atoms with E-state index in [1.54, 1.807) is 12.1 Å². The van der Waals surface area contributed by atoms with Crippen molar-refractivity contribution in [3.63, 3.8) is 0 Å². The number of hydrogen-bond acceptors (Lipinski definition) is 2. The lowest BCUT2D eigenvalue weighted by atomic mass is 9.90. The second kappa shape index (κ2) is 9.53. The number of hydrogen-bond donors (Lipinski definition) is 0. The molecule has 0 amide bonds. The molecule has 1 unspecified atom stereocenters. The van der Waals surface area contributed by atoms with Crippen LogP contribution in [0, 0.1) is 11.7 Å². The van der Waals surface area contributed by atoms with Gasteiger partial charge in [-0.15, -0.1) is 0 Å². The third kappa shape index (κ3) is 6.70. The molecule has 1 aliphatic heterocycles. The van der Waals surface area contributed by atoms with Crippen molar-refractivity contribution in [1.82, 2.24) is 4.90 Å². The fourth-order valence-corrected chi connectivity index (χ4v) is 5.07. The van der Waals surface area contributed by atoms with E-state index in [1.165, 1.54) is 24.0 Å². The van der Waals surface area contributed by atoms with Crippen LogP contribution in [0.25, 0.3) is 0 Å². The van der Waals surface area contributed by atoms with E-state index in [0.29, 0.717) is 5.92 Å². The number of benzene rings is 2. The molecule has 0 aromatic heterocycles. The Morgan fingerprint density at radius 3 is 2.21 bits per heavy atom. The third-order valence-electron chi connectivity index (χ3n) is 5.31. The van der Waals surface area contributed by atoms with Crippen LogP contribution in [0.1, 0.15) is 30.1 Å². The summed E-state index contributed by atoms with van der Waals surface area (Å²) in [6.07, 6.45) is 3.49. The highest BCUT2D eigenvalue weighted by molar-refractivity contribution is 6.69. The van der Waals surface area contributed by atoms with Crippen molar-refractivity contribution < 1.29 is 8.82 Å². The molecular weight excluding hydrogens is 389 g/mol. The van der Waals surface area contributed by atoms with Gasteiger partial charge in [0, 0.05) is 11.6 Å². The average molecular weight is 420 g/mol. The zero-order valence-electron chi connectivity index (χ0n) is 17.1. The molecule has 2 nitrogen and oxygen atoms in total. The van der Waals surface area contributed by atoms with Gasteiger partial charge in [0.05, 0.1) is 6.10 Å². The smallest absolute Gasteiger partial charge is 0.184 e. The van der Waals surface area contributed by atoms with Crippen LogP contribution in [0.5, 0.6) is 0 Å². The van der Waals surface area contributed by atoms with Crippen molar-refractivity contribution in [3.05, 3.63) is 70.5 Å². The molecule has 0 N–H and O–H groups in total. The van der Waals surface area contributed by atoms with Gasteiger partial charge in [-0.05, 0) is 93.3 Å². The monoisotopic (exact) mass is 419 g/mol. The van der Waals surface area contributed by atoms with Gasteiger partial charge in [-0.2, -0.15) is 0 Å². The maximum Gasteiger partial charge on any atom is 0.184 e. The van der Waals surface area contributed by atoms with Gasteiger partial charge in [-0.1, -0.05) is 35.9 Å². The second-order valence-corrected chi connectivity index (χ2v) is 13.7. The van der Waals surface area contributed by atoms with Crippen LogP contribution < -0.4 is 0 Å². The Hall–Kier alpha value is -1.20. The minimum atomic E-state index is -1.66. The summed E-state index contributed by atoms with van der Waals surface area (Å²) in [5, 5.41) is 0.761. The first kappa shape index (κ1) is 21.5. The normalized spacial score (nSPS) is 17.6. The van der Waals surface area contributed by atoms with Gasteiger partial charge in [0.25, 0.3) is 0 Å². The Balaban J connectivity index is 1.56. The molecule has 28 heavy (non-hydrogen) atoms. The minimum absolute atomic E-state index is 0.0950. The predicted octanol–water partition coefficient (Wildman–Crippen LogP) is 6.33. The Kier molecular flexibility index (Phi) is 7.32. The Bertz CT molecular complexity index is 737. The van der Waals surface area contributed by atoms with Crippen LogP contribution in [-0.4, -0.2) is 32.9 Å². The number of halogens is 2. The van der Waals surface area contributed by atoms with Gasteiger partial charge in [-0.3, -0.25) is 0 Å². The van der Waals surface area contributed by atoms with Crippen molar-refractivity contribution >= 4 is 19.9 Å². The zero-order valence-corrected chi connectivity index (χ0v) is 18.9. The number of nitrogens with zero attached hydrogens (tertiary/aromatic N) is 1. The number of likely N-dealkylation sites (tertiary alicyclic amines) is 1. The highest BCUT2D eigenvalue weighted by Crippen LogP contribution is 2.28. The second-order valence-electron chi connectivity index (χ2n) is 8.84. The quantitative estimate of drug-likeness (QED) is 0.486. The first-order chi connectivity index (χ1) is 13.3. The topological polar surface area (TPSA) is 12.5 Å². The summed E-state index contributed by atoms with van der Waals surface area (Å²) in [5.74, 6) is 0.516. The lowest BCUT2D eigenvalue weighted by Gasteiger charge is -2.36. The first-order valence-electron chi connectivity index (χ1n) is 10.2. The van der Waals surface area contributed by atoms with Gasteiger partial charge >= 0.3 is 0 Å². The molecule has 152 valence electrons. The highest BCUT2D eigenvalue weighted by atomic mass is 35.5. The van der Waals surface area contributed by atoms with Crippen molar-refractivity contribution in [2.45, 2.75) is 45.0 Å². The molecule has 3 rings (SSSR count). The lowest BCUT2D eigenvalue weighted by molar-refractivity contribution is 0.100. The van der Waals surface area contributed by atoms with Gasteiger partial charge in [-0.25, -0.2) is 4.39 Å². The Morgan fingerprint density at radius 2 is 1.64 bits per heavy atom. The predicted molar refractivity (Wildman–Crippen MR) is 118 cm³/mol. The summed E-state index contributed by atoms with van der Waals surface area (Å²) < 4.78 is 19.6. The molecule has 1 aliphatic rings. The molecule has 0 bridgehead atoms. The fraction of sp³-hybridized carbons (Fsp3) is 0.478. The summed E-state index contributed by atoms with van der Waals surface area (Å²) in [6.45, 7) is 9.83. The van der Waals surface area contributed by atoms with E-state index in [1.807, 2.05) is 24.3 Å². The zero-order chi connectivity index (χ0) is 20.1. The molecule has 0 radical (unpaired) electrons. The van der Waals surface area contributed by atoms with Crippen molar-refractivity contribution in [2.24, 2.45) is 5.92 Å². The van der Waals surface area contributed by atoms with Gasteiger partial charge in [0.1, 0.15) is 5.82 Å². The summed E-state index contributed by atoms with van der Waals surface area (Å²) >= 11 is 6.07. The maximum atomic E-state index is 13.1. The van der Waals surface area contributed by atoms with E-state index in [0.717, 1.165) is 31.1 Å². The average Bonchev–Trinajstić information content (AvgIpc) is 2.64. The molecule has 0 spiro atoms. The number of rotatable bonds is 7. The number of piperidine rings is 1. The van der Waals surface area contributed by atoms with Crippen LogP contribution in [0.4, 0.5) is 4.39 Å². The van der Waals surface area contributed by atoms with Crippen molar-refractivity contribution in [3.8, 4) is 0 Å². The molecule has 1 saturated heterocycles. The van der Waals surface area contributed by atoms with Crippen LogP contribution >= 0.6 is 11.6 Å². The molecule has 1 heterocycles. The largest absolute Gasteiger partial charge is 0.409 e. The van der Waals surface area contributed by atoms with E-state index in [-0.39, 0.29) is 11.9 Å². The highest BCUT2D eigenvalue weighted by Gasteiger charge is 2.27. The van der Waals surface area contributed by atoms with Gasteiger partial charge in [0.15, 0.2) is 8.32 Å². The molecule has 0 saturated carbocycles. The fourth-order valence-electron chi connectivity index (χ4n) is 3.88. The summed E-state index contributed by atoms with van der Waals surface area (Å²) in [6, 6.07) is 15.0. The molecule has 2 aromatic carbocycles. The van der Waals surface area contributed by atoms with Crippen LogP contribution in [-0.2, 0) is 10.8 Å². The summed E-state index contributed by atoms with van der Waals surface area (Å²) in [4.78, 5) is 2.53. The van der Waals surface area contributed by atoms with E-state index in [9.17, 15) is 4.39 Å². The first-order valence-corrected chi connectivity index (χ1v) is 14.0. The van der Waals surface area contributed by atoms with E-state index >= 15 is 0 Å². The molecule has 1 fully saturated rings. The molecule has 2 aromatic rings. The molecule has 1 atom stereocenters. The molecular formula is C23H31ClFNOSi. The Labute approximate surface area is 174 Å². The van der Waals surface area contributed by atoms with Gasteiger partial charge in [0.2, 0.25) is 0 Å². The van der Waals surface area contributed by atoms with Crippen molar-refractivity contribution in [2.75, 3.05) is 19.6 Å². The maximum absolute atomic E-state index is 13.1. The van der Waals surface area contributed by atoms with Crippen LogP contribution in [0.2, 0.25) is 24.7 Å². The van der Waals surface area contributed by atoms with Crippen molar-refractivity contribution in [1.29, 1.82) is 0 Å². The summed E-state index contributed by atoms with van der Waals surface area (Å²) in [5.41, 5.74) is 2.45. The van der Waals surface area contributed by atoms with E-state index < -0.39 is 8.32 Å². The summed E-state index contributed by atoms with van der Waals surface area (Å²) in [7, 11) is -1.66.